The van der Waals surface area contributed by atoms with Gasteiger partial charge in [-0.2, -0.15) is 0 Å². The van der Waals surface area contributed by atoms with E-state index in [1.165, 1.54) is 18.9 Å². The number of nitrogens with zero attached hydrogens (tertiary/aromatic N) is 1. The molecule has 0 aliphatic carbocycles. The van der Waals surface area contributed by atoms with Gasteiger partial charge >= 0.3 is 5.97 Å². The molecule has 0 radical (unpaired) electrons. The van der Waals surface area contributed by atoms with Gasteiger partial charge in [-0.25, -0.2) is 4.98 Å². The van der Waals surface area contributed by atoms with E-state index in [2.05, 4.69) is 9.72 Å². The topological polar surface area (TPSA) is 80.0 Å². The summed E-state index contributed by atoms with van der Waals surface area (Å²) in [7, 11) is 1.39. The number of fused-ring (bicyclic) bond motifs is 1. The highest BCUT2D eigenvalue weighted by Gasteiger charge is 2.17. The Kier molecular flexibility index (Phi) is 6.13. The number of carbonyl (C=O) groups excluding carboxylic acids is 1. The number of methoxy groups -OCH3 is 1. The van der Waals surface area contributed by atoms with Crippen LogP contribution in [-0.4, -0.2) is 30.6 Å². The van der Waals surface area contributed by atoms with Crippen molar-refractivity contribution in [3.63, 3.8) is 0 Å². The van der Waals surface area contributed by atoms with Crippen molar-refractivity contribution in [2.45, 2.75) is 19.3 Å². The molecule has 0 spiro atoms. The van der Waals surface area contributed by atoms with Gasteiger partial charge < -0.3 is 23.4 Å². The number of ether oxygens (including phenoxy) is 4. The maximum atomic E-state index is 11.2. The Labute approximate surface area is 178 Å². The fourth-order valence-corrected chi connectivity index (χ4v) is 3.70. The molecule has 8 heteroatoms. The molecule has 3 aromatic rings. The van der Waals surface area contributed by atoms with E-state index >= 15 is 0 Å². The van der Waals surface area contributed by atoms with Gasteiger partial charge in [0, 0.05) is 11.3 Å². The number of esters is 1. The van der Waals surface area contributed by atoms with Crippen molar-refractivity contribution < 1.29 is 28.2 Å². The number of rotatable bonds is 8. The monoisotopic (exact) mass is 427 g/mol. The molecule has 1 aliphatic rings. The van der Waals surface area contributed by atoms with Gasteiger partial charge in [-0.05, 0) is 42.8 Å². The van der Waals surface area contributed by atoms with Gasteiger partial charge in [0.2, 0.25) is 12.7 Å². The van der Waals surface area contributed by atoms with Gasteiger partial charge in [0.15, 0.2) is 11.5 Å². The molecule has 1 aromatic heterocycles. The average molecular weight is 427 g/mol. The van der Waals surface area contributed by atoms with Gasteiger partial charge in [-0.15, -0.1) is 11.8 Å². The van der Waals surface area contributed by atoms with Gasteiger partial charge in [-0.3, -0.25) is 4.79 Å². The van der Waals surface area contributed by atoms with Crippen LogP contribution < -0.4 is 14.2 Å². The molecule has 7 nitrogen and oxygen atoms in total. The molecule has 30 heavy (non-hydrogen) atoms. The van der Waals surface area contributed by atoms with Crippen molar-refractivity contribution in [2.75, 3.05) is 19.7 Å². The Bertz CT molecular complexity index is 1050. The van der Waals surface area contributed by atoms with E-state index in [-0.39, 0.29) is 12.8 Å². The fourth-order valence-electron chi connectivity index (χ4n) is 2.90. The zero-order valence-corrected chi connectivity index (χ0v) is 17.5. The van der Waals surface area contributed by atoms with Crippen molar-refractivity contribution >= 4 is 17.7 Å². The maximum Gasteiger partial charge on any atom is 0.315 e. The van der Waals surface area contributed by atoms with E-state index < -0.39 is 0 Å². The second-order valence-corrected chi connectivity index (χ2v) is 7.58. The molecular formula is C22H21NO6S. The first-order valence-electron chi connectivity index (χ1n) is 9.35. The largest absolute Gasteiger partial charge is 0.487 e. The van der Waals surface area contributed by atoms with Gasteiger partial charge in [-0.1, -0.05) is 12.1 Å². The SMILES string of the molecule is COC(=O)CSCc1cccc(OCc2nc(-c3ccc4c(c3)OCO4)oc2C)c1. The standard InChI is InChI=1S/C22H21NO6S/c1-14-18(23-22(29-14)16-6-7-19-20(9-16)28-13-27-19)10-26-17-5-3-4-15(8-17)11-30-12-21(24)25-2/h3-9H,10-13H2,1-2H3. The summed E-state index contributed by atoms with van der Waals surface area (Å²) >= 11 is 1.50. The molecule has 156 valence electrons. The molecule has 0 saturated carbocycles. The third kappa shape index (κ3) is 4.71. The molecule has 0 N–H and O–H groups in total. The van der Waals surface area contributed by atoms with Crippen LogP contribution in [0, 0.1) is 6.92 Å². The van der Waals surface area contributed by atoms with Crippen molar-refractivity contribution in [2.24, 2.45) is 0 Å². The van der Waals surface area contributed by atoms with E-state index in [1.807, 2.05) is 49.4 Å². The number of aromatic nitrogens is 1. The van der Waals surface area contributed by atoms with Crippen LogP contribution in [0.15, 0.2) is 46.9 Å². The number of benzene rings is 2. The Morgan fingerprint density at radius 1 is 1.17 bits per heavy atom. The summed E-state index contributed by atoms with van der Waals surface area (Å²) in [6, 6.07) is 13.4. The van der Waals surface area contributed by atoms with Crippen molar-refractivity contribution in [3.05, 3.63) is 59.5 Å². The molecule has 0 amide bonds. The highest BCUT2D eigenvalue weighted by atomic mass is 32.2. The average Bonchev–Trinajstić information content (AvgIpc) is 3.38. The lowest BCUT2D eigenvalue weighted by atomic mass is 10.2. The quantitative estimate of drug-likeness (QED) is 0.491. The van der Waals surface area contributed by atoms with E-state index in [4.69, 9.17) is 18.6 Å². The summed E-state index contributed by atoms with van der Waals surface area (Å²) in [4.78, 5) is 15.8. The number of oxazole rings is 1. The molecule has 1 aliphatic heterocycles. The van der Waals surface area contributed by atoms with Gasteiger partial charge in [0.1, 0.15) is 23.8 Å². The summed E-state index contributed by atoms with van der Waals surface area (Å²) in [5, 5.41) is 0. The van der Waals surface area contributed by atoms with Crippen molar-refractivity contribution in [1.82, 2.24) is 4.98 Å². The normalized spacial score (nSPS) is 12.1. The number of hydrogen-bond acceptors (Lipinski definition) is 8. The van der Waals surface area contributed by atoms with E-state index in [0.29, 0.717) is 35.5 Å². The molecule has 2 aromatic carbocycles. The highest BCUT2D eigenvalue weighted by Crippen LogP contribution is 2.36. The maximum absolute atomic E-state index is 11.2. The van der Waals surface area contributed by atoms with Crippen LogP contribution in [0.3, 0.4) is 0 Å². The Hall–Kier alpha value is -3.13. The van der Waals surface area contributed by atoms with Crippen molar-refractivity contribution in [1.29, 1.82) is 0 Å². The lowest BCUT2D eigenvalue weighted by Gasteiger charge is -2.07. The summed E-state index contributed by atoms with van der Waals surface area (Å²) in [6.07, 6.45) is 0. The van der Waals surface area contributed by atoms with E-state index in [0.717, 1.165) is 28.3 Å². The number of thioether (sulfide) groups is 1. The lowest BCUT2D eigenvalue weighted by Crippen LogP contribution is -2.03. The second kappa shape index (κ2) is 9.13. The predicted molar refractivity (Wildman–Crippen MR) is 112 cm³/mol. The van der Waals surface area contributed by atoms with Crippen LogP contribution in [0.25, 0.3) is 11.5 Å². The summed E-state index contributed by atoms with van der Waals surface area (Å²) in [5.74, 6) is 4.14. The minimum absolute atomic E-state index is 0.225. The summed E-state index contributed by atoms with van der Waals surface area (Å²) < 4.78 is 27.2. The first-order chi connectivity index (χ1) is 14.6. The zero-order valence-electron chi connectivity index (χ0n) is 16.7. The third-order valence-corrected chi connectivity index (χ3v) is 5.48. The third-order valence-electron chi connectivity index (χ3n) is 4.50. The minimum atomic E-state index is -0.229. The molecule has 0 fully saturated rings. The first-order valence-corrected chi connectivity index (χ1v) is 10.5. The minimum Gasteiger partial charge on any atom is -0.487 e. The molecule has 2 heterocycles. The van der Waals surface area contributed by atoms with Crippen LogP contribution in [0.4, 0.5) is 0 Å². The molecule has 0 atom stereocenters. The van der Waals surface area contributed by atoms with Crippen LogP contribution in [-0.2, 0) is 21.9 Å². The first kappa shape index (κ1) is 20.2. The van der Waals surface area contributed by atoms with Gasteiger partial charge in [0.05, 0.1) is 12.9 Å². The smallest absolute Gasteiger partial charge is 0.315 e. The second-order valence-electron chi connectivity index (χ2n) is 6.59. The van der Waals surface area contributed by atoms with Crippen LogP contribution >= 0.6 is 11.8 Å². The molecule has 4 rings (SSSR count). The van der Waals surface area contributed by atoms with E-state index in [9.17, 15) is 4.79 Å². The van der Waals surface area contributed by atoms with Gasteiger partial charge in [0.25, 0.3) is 0 Å². The molecule has 0 unspecified atom stereocenters. The zero-order chi connectivity index (χ0) is 20.9. The fraction of sp³-hybridized carbons (Fsp3) is 0.273. The molecular weight excluding hydrogens is 406 g/mol. The van der Waals surface area contributed by atoms with Crippen LogP contribution in [0.2, 0.25) is 0 Å². The van der Waals surface area contributed by atoms with E-state index in [1.54, 1.807) is 0 Å². The summed E-state index contributed by atoms with van der Waals surface area (Å²) in [5.41, 5.74) is 2.62. The predicted octanol–water partition coefficient (Wildman–Crippen LogP) is 4.36. The van der Waals surface area contributed by atoms with Crippen LogP contribution in [0.1, 0.15) is 17.0 Å². The summed E-state index contributed by atoms with van der Waals surface area (Å²) in [6.45, 7) is 2.38. The van der Waals surface area contributed by atoms with Crippen molar-refractivity contribution in [3.8, 4) is 28.7 Å². The van der Waals surface area contributed by atoms with Crippen LogP contribution in [0.5, 0.6) is 17.2 Å². The number of carbonyl (C=O) groups is 1. The Morgan fingerprint density at radius 2 is 2.03 bits per heavy atom. The Balaban J connectivity index is 1.38. The number of hydrogen-bond donors (Lipinski definition) is 0. The molecule has 0 saturated heterocycles. The Morgan fingerprint density at radius 3 is 2.90 bits per heavy atom. The highest BCUT2D eigenvalue weighted by molar-refractivity contribution is 7.99. The lowest BCUT2D eigenvalue weighted by molar-refractivity contribution is -0.137. The number of aryl methyl sites for hydroxylation is 1. The molecule has 0 bridgehead atoms.